The molecule has 3 aromatic carbocycles. The molecule has 9 heteroatoms. The average molecular weight is 461 g/mol. The fourth-order valence-corrected chi connectivity index (χ4v) is 4.50. The second-order valence-electron chi connectivity index (χ2n) is 7.37. The van der Waals surface area contributed by atoms with Crippen LogP contribution in [0.3, 0.4) is 0 Å². The summed E-state index contributed by atoms with van der Waals surface area (Å²) in [4.78, 5) is 27.2. The van der Waals surface area contributed by atoms with Gasteiger partial charge in [0.2, 0.25) is 5.13 Å². The number of carbonyl (C=O) groups excluding carboxylic acids is 2. The number of aliphatic hydroxyl groups excluding tert-OH is 1. The number of ether oxygens (including phenoxy) is 1. The summed E-state index contributed by atoms with van der Waals surface area (Å²) in [5.41, 5.74) is 2.16. The number of benzene rings is 3. The van der Waals surface area contributed by atoms with Crippen LogP contribution in [0.25, 0.3) is 16.5 Å². The van der Waals surface area contributed by atoms with E-state index in [0.717, 1.165) is 22.1 Å². The first kappa shape index (κ1) is 20.8. The van der Waals surface area contributed by atoms with Crippen LogP contribution in [-0.2, 0) is 9.59 Å². The van der Waals surface area contributed by atoms with Crippen LogP contribution < -0.4 is 9.64 Å². The molecule has 7 nitrogen and oxygen atoms in total. The third-order valence-corrected chi connectivity index (χ3v) is 6.19. The highest BCUT2D eigenvalue weighted by atomic mass is 32.1. The first-order valence-electron chi connectivity index (χ1n) is 9.89. The molecule has 33 heavy (non-hydrogen) atoms. The number of Topliss-reactive ketones (excluding diaryl/α,β-unsaturated/α-hetero) is 1. The van der Waals surface area contributed by atoms with Gasteiger partial charge in [0, 0.05) is 5.56 Å². The molecular weight excluding hydrogens is 445 g/mol. The molecule has 0 saturated carbocycles. The quantitative estimate of drug-likeness (QED) is 0.274. The molecule has 1 N–H and O–H groups in total. The highest BCUT2D eigenvalue weighted by Gasteiger charge is 2.48. The van der Waals surface area contributed by atoms with E-state index in [-0.39, 0.29) is 16.5 Å². The molecule has 1 saturated heterocycles. The summed E-state index contributed by atoms with van der Waals surface area (Å²) < 4.78 is 18.8. The molecule has 2 heterocycles. The van der Waals surface area contributed by atoms with Crippen LogP contribution in [0, 0.1) is 5.82 Å². The molecule has 0 spiro atoms. The van der Waals surface area contributed by atoms with Gasteiger partial charge in [-0.25, -0.2) is 4.39 Å². The van der Waals surface area contributed by atoms with E-state index in [2.05, 4.69) is 10.2 Å². The van der Waals surface area contributed by atoms with E-state index < -0.39 is 23.5 Å². The summed E-state index contributed by atoms with van der Waals surface area (Å²) in [6, 6.07) is 15.1. The molecule has 0 aliphatic carbocycles. The number of carbonyl (C=O) groups is 2. The molecule has 1 unspecified atom stereocenters. The number of hydrogen-bond acceptors (Lipinski definition) is 7. The zero-order valence-corrected chi connectivity index (χ0v) is 18.0. The highest BCUT2D eigenvalue weighted by Crippen LogP contribution is 2.42. The lowest BCUT2D eigenvalue weighted by molar-refractivity contribution is -0.132. The zero-order chi connectivity index (χ0) is 23.1. The number of halogens is 1. The Kier molecular flexibility index (Phi) is 5.10. The topological polar surface area (TPSA) is 92.6 Å². The van der Waals surface area contributed by atoms with Crippen LogP contribution in [0.1, 0.15) is 17.2 Å². The first-order chi connectivity index (χ1) is 16.0. The number of aliphatic hydroxyl groups is 1. The van der Waals surface area contributed by atoms with Gasteiger partial charge in [0.05, 0.1) is 18.7 Å². The number of rotatable bonds is 4. The fraction of sp³-hybridized carbons (Fsp3) is 0.0833. The lowest BCUT2D eigenvalue weighted by Crippen LogP contribution is -2.29. The Balaban J connectivity index is 1.69. The van der Waals surface area contributed by atoms with E-state index in [1.807, 2.05) is 12.1 Å². The summed E-state index contributed by atoms with van der Waals surface area (Å²) in [6.07, 6.45) is 0. The summed E-state index contributed by atoms with van der Waals surface area (Å²) in [5, 5.41) is 20.8. The maximum Gasteiger partial charge on any atom is 0.301 e. The van der Waals surface area contributed by atoms with Gasteiger partial charge in [0.25, 0.3) is 5.78 Å². The first-order valence-corrected chi connectivity index (χ1v) is 10.8. The number of methoxy groups -OCH3 is 1. The Morgan fingerprint density at radius 1 is 1.06 bits per heavy atom. The minimum Gasteiger partial charge on any atom is -0.507 e. The molecule has 1 aliphatic rings. The zero-order valence-electron chi connectivity index (χ0n) is 17.2. The van der Waals surface area contributed by atoms with Crippen molar-refractivity contribution in [3.63, 3.8) is 0 Å². The van der Waals surface area contributed by atoms with Crippen LogP contribution >= 0.6 is 11.3 Å². The Hall–Kier alpha value is -4.11. The van der Waals surface area contributed by atoms with Gasteiger partial charge in [-0.3, -0.25) is 14.5 Å². The van der Waals surface area contributed by atoms with Crippen LogP contribution in [0.5, 0.6) is 5.75 Å². The van der Waals surface area contributed by atoms with Crippen molar-refractivity contribution in [2.75, 3.05) is 12.0 Å². The Labute approximate surface area is 191 Å². The monoisotopic (exact) mass is 461 g/mol. The molecule has 4 aromatic rings. The summed E-state index contributed by atoms with van der Waals surface area (Å²) in [7, 11) is 1.58. The van der Waals surface area contributed by atoms with Gasteiger partial charge in [-0.05, 0) is 46.7 Å². The molecule has 0 radical (unpaired) electrons. The third-order valence-electron chi connectivity index (χ3n) is 5.51. The van der Waals surface area contributed by atoms with Gasteiger partial charge >= 0.3 is 5.91 Å². The van der Waals surface area contributed by atoms with Crippen molar-refractivity contribution in [2.24, 2.45) is 0 Å². The molecule has 164 valence electrons. The number of hydrogen-bond donors (Lipinski definition) is 1. The summed E-state index contributed by atoms with van der Waals surface area (Å²) in [5.74, 6) is -1.79. The predicted octanol–water partition coefficient (Wildman–Crippen LogP) is 4.47. The smallest absolute Gasteiger partial charge is 0.301 e. The SMILES string of the molecule is COc1ccc2cc(/C(O)=C3\C(=O)C(=O)N(c4nncs4)C3c3ccc(F)cc3)ccc2c1. The van der Waals surface area contributed by atoms with Crippen molar-refractivity contribution in [3.8, 4) is 5.75 Å². The minimum absolute atomic E-state index is 0.102. The van der Waals surface area contributed by atoms with Gasteiger partial charge < -0.3 is 9.84 Å². The largest absolute Gasteiger partial charge is 0.507 e. The molecule has 1 atom stereocenters. The second-order valence-corrected chi connectivity index (χ2v) is 8.18. The maximum absolute atomic E-state index is 13.6. The molecule has 5 rings (SSSR count). The van der Waals surface area contributed by atoms with Crippen molar-refractivity contribution < 1.29 is 23.8 Å². The lowest BCUT2D eigenvalue weighted by atomic mass is 9.94. The highest BCUT2D eigenvalue weighted by molar-refractivity contribution is 7.13. The van der Waals surface area contributed by atoms with Crippen molar-refractivity contribution >= 4 is 44.7 Å². The van der Waals surface area contributed by atoms with Gasteiger partial charge in [-0.2, -0.15) is 0 Å². The molecule has 1 aliphatic heterocycles. The maximum atomic E-state index is 13.6. The number of aromatic nitrogens is 2. The summed E-state index contributed by atoms with van der Waals surface area (Å²) in [6.45, 7) is 0. The van der Waals surface area contributed by atoms with Crippen LogP contribution in [0.4, 0.5) is 9.52 Å². The molecule has 0 bridgehead atoms. The second kappa shape index (κ2) is 8.10. The number of ketones is 1. The molecular formula is C24H16FN3O4S. The Morgan fingerprint density at radius 3 is 2.48 bits per heavy atom. The third kappa shape index (κ3) is 3.52. The van der Waals surface area contributed by atoms with Crippen LogP contribution in [-0.4, -0.2) is 34.1 Å². The lowest BCUT2D eigenvalue weighted by Gasteiger charge is -2.22. The Bertz CT molecular complexity index is 1420. The van der Waals surface area contributed by atoms with Crippen molar-refractivity contribution in [2.45, 2.75) is 6.04 Å². The van der Waals surface area contributed by atoms with E-state index >= 15 is 0 Å². The normalized spacial score (nSPS) is 17.6. The number of fused-ring (bicyclic) bond motifs is 1. The Morgan fingerprint density at radius 2 is 1.79 bits per heavy atom. The van der Waals surface area contributed by atoms with Gasteiger partial charge in [-0.15, -0.1) is 10.2 Å². The average Bonchev–Trinajstić information content (AvgIpc) is 3.45. The number of anilines is 1. The van der Waals surface area contributed by atoms with Crippen molar-refractivity contribution in [1.29, 1.82) is 0 Å². The number of nitrogens with zero attached hydrogens (tertiary/aromatic N) is 3. The van der Waals surface area contributed by atoms with E-state index in [9.17, 15) is 19.1 Å². The predicted molar refractivity (Wildman–Crippen MR) is 122 cm³/mol. The summed E-state index contributed by atoms with van der Waals surface area (Å²) >= 11 is 1.08. The van der Waals surface area contributed by atoms with Gasteiger partial charge in [0.15, 0.2) is 0 Å². The van der Waals surface area contributed by atoms with E-state index in [4.69, 9.17) is 4.74 Å². The fourth-order valence-electron chi connectivity index (χ4n) is 3.92. The van der Waals surface area contributed by atoms with Crippen molar-refractivity contribution in [1.82, 2.24) is 10.2 Å². The van der Waals surface area contributed by atoms with Gasteiger partial charge in [-0.1, -0.05) is 41.7 Å². The van der Waals surface area contributed by atoms with Crippen LogP contribution in [0.15, 0.2) is 71.7 Å². The van der Waals surface area contributed by atoms with E-state index in [1.165, 1.54) is 34.7 Å². The van der Waals surface area contributed by atoms with Gasteiger partial charge in [0.1, 0.15) is 22.8 Å². The molecule has 1 amide bonds. The number of amides is 1. The van der Waals surface area contributed by atoms with Crippen LogP contribution in [0.2, 0.25) is 0 Å². The van der Waals surface area contributed by atoms with Crippen molar-refractivity contribution in [3.05, 3.63) is 88.7 Å². The standard InChI is InChI=1S/C24H16FN3O4S/c1-32-18-9-6-14-10-16(3-2-15(14)11-18)21(29)19-20(13-4-7-17(25)8-5-13)28(23(31)22(19)30)24-27-26-12-33-24/h2-12,20,29H,1H3/b21-19+. The minimum atomic E-state index is -0.981. The molecule has 1 aromatic heterocycles. The molecule has 1 fully saturated rings. The van der Waals surface area contributed by atoms with E-state index in [0.29, 0.717) is 16.9 Å². The van der Waals surface area contributed by atoms with E-state index in [1.54, 1.807) is 31.4 Å².